The van der Waals surface area contributed by atoms with Gasteiger partial charge in [0, 0.05) is 5.02 Å². The van der Waals surface area contributed by atoms with Crippen molar-refractivity contribution in [2.24, 2.45) is 0 Å². The number of allylic oxidation sites excluding steroid dienone is 3. The first-order valence-corrected chi connectivity index (χ1v) is 6.63. The summed E-state index contributed by atoms with van der Waals surface area (Å²) in [5, 5.41) is 0.705. The average molecular weight is 265 g/mol. The highest BCUT2D eigenvalue weighted by molar-refractivity contribution is 6.30. The van der Waals surface area contributed by atoms with Gasteiger partial charge in [-0.05, 0) is 57.9 Å². The van der Waals surface area contributed by atoms with E-state index in [0.29, 0.717) is 11.6 Å². The molecule has 0 bridgehead atoms. The quantitative estimate of drug-likeness (QED) is 0.624. The van der Waals surface area contributed by atoms with Gasteiger partial charge in [-0.15, -0.1) is 0 Å². The molecule has 0 aliphatic heterocycles. The second kappa shape index (κ2) is 7.99. The maximum Gasteiger partial charge on any atom is 0.121 e. The summed E-state index contributed by atoms with van der Waals surface area (Å²) in [6, 6.07) is 7.48. The number of hydrogen-bond donors (Lipinski definition) is 0. The summed E-state index contributed by atoms with van der Waals surface area (Å²) in [4.78, 5) is 0. The van der Waals surface area contributed by atoms with Crippen molar-refractivity contribution in [3.8, 4) is 5.75 Å². The lowest BCUT2D eigenvalue weighted by Crippen LogP contribution is -1.94. The Bertz CT molecular complexity index is 428. The number of rotatable bonds is 6. The molecule has 1 aromatic carbocycles. The molecule has 1 aromatic rings. The van der Waals surface area contributed by atoms with E-state index in [-0.39, 0.29) is 0 Å². The van der Waals surface area contributed by atoms with Crippen LogP contribution in [-0.4, -0.2) is 6.61 Å². The third-order valence-corrected chi connectivity index (χ3v) is 2.80. The van der Waals surface area contributed by atoms with Crippen molar-refractivity contribution in [2.45, 2.75) is 33.6 Å². The largest absolute Gasteiger partial charge is 0.489 e. The van der Waals surface area contributed by atoms with E-state index in [1.807, 2.05) is 24.3 Å². The highest BCUT2D eigenvalue weighted by atomic mass is 35.5. The second-order valence-corrected chi connectivity index (χ2v) is 5.08. The van der Waals surface area contributed by atoms with Crippen LogP contribution >= 0.6 is 11.6 Å². The van der Waals surface area contributed by atoms with Gasteiger partial charge in [-0.1, -0.05) is 34.9 Å². The molecule has 0 amide bonds. The van der Waals surface area contributed by atoms with Gasteiger partial charge >= 0.3 is 0 Å². The Kier molecular flexibility index (Phi) is 6.59. The van der Waals surface area contributed by atoms with Crippen molar-refractivity contribution < 1.29 is 4.74 Å². The maximum absolute atomic E-state index is 5.88. The molecule has 0 unspecified atom stereocenters. The van der Waals surface area contributed by atoms with E-state index in [1.54, 1.807) is 0 Å². The van der Waals surface area contributed by atoms with Gasteiger partial charge in [-0.3, -0.25) is 0 Å². The molecule has 18 heavy (non-hydrogen) atoms. The van der Waals surface area contributed by atoms with E-state index >= 15 is 0 Å². The molecule has 98 valence electrons. The van der Waals surface area contributed by atoms with Gasteiger partial charge in [0.05, 0.1) is 0 Å². The Hall–Kier alpha value is -1.21. The molecule has 1 rings (SSSR count). The first kappa shape index (κ1) is 14.8. The van der Waals surface area contributed by atoms with E-state index < -0.39 is 0 Å². The molecule has 0 radical (unpaired) electrons. The Morgan fingerprint density at radius 2 is 2.00 bits per heavy atom. The molecule has 0 aromatic heterocycles. The van der Waals surface area contributed by atoms with Crippen LogP contribution in [0.25, 0.3) is 0 Å². The molecule has 0 aliphatic carbocycles. The lowest BCUT2D eigenvalue weighted by Gasteiger charge is -2.04. The van der Waals surface area contributed by atoms with Crippen molar-refractivity contribution in [3.05, 3.63) is 52.6 Å². The Labute approximate surface area is 115 Å². The summed E-state index contributed by atoms with van der Waals surface area (Å²) in [5.41, 5.74) is 2.73. The van der Waals surface area contributed by atoms with Crippen molar-refractivity contribution in [1.29, 1.82) is 0 Å². The molecular weight excluding hydrogens is 244 g/mol. The van der Waals surface area contributed by atoms with Crippen LogP contribution in [0.2, 0.25) is 5.02 Å². The molecule has 0 saturated carbocycles. The zero-order valence-electron chi connectivity index (χ0n) is 11.4. The molecule has 0 fully saturated rings. The van der Waals surface area contributed by atoms with E-state index in [1.165, 1.54) is 11.1 Å². The lowest BCUT2D eigenvalue weighted by molar-refractivity contribution is 0.361. The number of halogens is 1. The van der Waals surface area contributed by atoms with Gasteiger partial charge in [-0.25, -0.2) is 0 Å². The number of hydrogen-bond acceptors (Lipinski definition) is 1. The molecule has 0 saturated heterocycles. The molecular formula is C16H21ClO. The summed E-state index contributed by atoms with van der Waals surface area (Å²) >= 11 is 5.88. The number of ether oxygens (including phenoxy) is 1. The molecule has 2 heteroatoms. The predicted molar refractivity (Wildman–Crippen MR) is 79.4 cm³/mol. The molecule has 0 atom stereocenters. The van der Waals surface area contributed by atoms with Crippen LogP contribution in [0.5, 0.6) is 5.75 Å². The first-order valence-electron chi connectivity index (χ1n) is 6.25. The molecule has 0 spiro atoms. The van der Waals surface area contributed by atoms with Gasteiger partial charge < -0.3 is 4.74 Å². The monoisotopic (exact) mass is 264 g/mol. The lowest BCUT2D eigenvalue weighted by atomic mass is 10.1. The topological polar surface area (TPSA) is 9.23 Å². The van der Waals surface area contributed by atoms with Crippen LogP contribution in [0, 0.1) is 0 Å². The van der Waals surface area contributed by atoms with E-state index in [2.05, 4.69) is 32.9 Å². The smallest absolute Gasteiger partial charge is 0.121 e. The van der Waals surface area contributed by atoms with Crippen LogP contribution in [0.1, 0.15) is 33.6 Å². The SMILES string of the molecule is CC(C)=CCCC(C)=CCOc1cccc(Cl)c1. The summed E-state index contributed by atoms with van der Waals surface area (Å²) in [6.45, 7) is 6.99. The van der Waals surface area contributed by atoms with E-state index in [4.69, 9.17) is 16.3 Å². The molecule has 0 heterocycles. The third-order valence-electron chi connectivity index (χ3n) is 2.57. The van der Waals surface area contributed by atoms with Crippen LogP contribution in [0.4, 0.5) is 0 Å². The Morgan fingerprint density at radius 3 is 2.67 bits per heavy atom. The highest BCUT2D eigenvalue weighted by Gasteiger charge is 1.94. The van der Waals surface area contributed by atoms with E-state index in [0.717, 1.165) is 18.6 Å². The van der Waals surface area contributed by atoms with Gasteiger partial charge in [0.25, 0.3) is 0 Å². The van der Waals surface area contributed by atoms with Crippen molar-refractivity contribution in [2.75, 3.05) is 6.61 Å². The standard InChI is InChI=1S/C16H21ClO/c1-13(2)6-4-7-14(3)10-11-18-16-9-5-8-15(17)12-16/h5-6,8-10,12H,4,7,11H2,1-3H3. The predicted octanol–water partition coefficient (Wildman–Crippen LogP) is 5.41. The zero-order chi connectivity index (χ0) is 13.4. The third kappa shape index (κ3) is 6.51. The second-order valence-electron chi connectivity index (χ2n) is 4.64. The summed E-state index contributed by atoms with van der Waals surface area (Å²) in [5.74, 6) is 0.816. The van der Waals surface area contributed by atoms with Crippen LogP contribution in [-0.2, 0) is 0 Å². The van der Waals surface area contributed by atoms with Crippen molar-refractivity contribution >= 4 is 11.6 Å². The van der Waals surface area contributed by atoms with Gasteiger partial charge in [0.15, 0.2) is 0 Å². The van der Waals surface area contributed by atoms with Crippen LogP contribution in [0.3, 0.4) is 0 Å². The molecule has 0 aliphatic rings. The molecule has 1 nitrogen and oxygen atoms in total. The maximum atomic E-state index is 5.88. The average Bonchev–Trinajstić information content (AvgIpc) is 2.28. The van der Waals surface area contributed by atoms with Gasteiger partial charge in [0.2, 0.25) is 0 Å². The van der Waals surface area contributed by atoms with Gasteiger partial charge in [0.1, 0.15) is 12.4 Å². The normalized spacial score (nSPS) is 11.2. The van der Waals surface area contributed by atoms with Gasteiger partial charge in [-0.2, -0.15) is 0 Å². The Balaban J connectivity index is 2.33. The van der Waals surface area contributed by atoms with Crippen molar-refractivity contribution in [3.63, 3.8) is 0 Å². The molecule has 0 N–H and O–H groups in total. The fourth-order valence-electron chi connectivity index (χ4n) is 1.53. The minimum atomic E-state index is 0.598. The van der Waals surface area contributed by atoms with Crippen LogP contribution in [0.15, 0.2) is 47.6 Å². The van der Waals surface area contributed by atoms with Crippen LogP contribution < -0.4 is 4.74 Å². The minimum absolute atomic E-state index is 0.598. The number of benzene rings is 1. The summed E-state index contributed by atoms with van der Waals surface area (Å²) in [6.07, 6.45) is 6.57. The zero-order valence-corrected chi connectivity index (χ0v) is 12.1. The fraction of sp³-hybridized carbons (Fsp3) is 0.375. The first-order chi connectivity index (χ1) is 8.58. The summed E-state index contributed by atoms with van der Waals surface area (Å²) in [7, 11) is 0. The summed E-state index contributed by atoms with van der Waals surface area (Å²) < 4.78 is 5.61. The fourth-order valence-corrected chi connectivity index (χ4v) is 1.71. The highest BCUT2D eigenvalue weighted by Crippen LogP contribution is 2.17. The van der Waals surface area contributed by atoms with Crippen molar-refractivity contribution in [1.82, 2.24) is 0 Å². The Morgan fingerprint density at radius 1 is 1.22 bits per heavy atom. The van der Waals surface area contributed by atoms with E-state index in [9.17, 15) is 0 Å². The minimum Gasteiger partial charge on any atom is -0.489 e.